The van der Waals surface area contributed by atoms with Crippen LogP contribution >= 0.6 is 11.6 Å². The third-order valence-electron chi connectivity index (χ3n) is 2.82. The van der Waals surface area contributed by atoms with E-state index in [-0.39, 0.29) is 10.6 Å². The Hall–Kier alpha value is -1.59. The number of aliphatic hydroxyl groups excluding tert-OH is 1. The average molecular weight is 305 g/mol. The minimum atomic E-state index is -4.76. The summed E-state index contributed by atoms with van der Waals surface area (Å²) in [5.74, 6) is -1.02. The van der Waals surface area contributed by atoms with E-state index in [2.05, 4.69) is 0 Å². The SMILES string of the molecule is OC(c1ccccc1Cl)c1ccc(F)cc1C(F)(F)F. The lowest BCUT2D eigenvalue weighted by Crippen LogP contribution is -2.13. The molecule has 0 amide bonds. The molecule has 0 fully saturated rings. The number of rotatable bonds is 2. The largest absolute Gasteiger partial charge is 0.416 e. The van der Waals surface area contributed by atoms with E-state index in [4.69, 9.17) is 11.6 Å². The van der Waals surface area contributed by atoms with Gasteiger partial charge >= 0.3 is 6.18 Å². The standard InChI is InChI=1S/C14H9ClF4O/c15-12-4-2-1-3-10(12)13(20)9-6-5-8(16)7-11(9)14(17,18)19/h1-7,13,20H. The average Bonchev–Trinajstić information content (AvgIpc) is 2.37. The van der Waals surface area contributed by atoms with Crippen LogP contribution in [0.25, 0.3) is 0 Å². The first kappa shape index (κ1) is 14.8. The van der Waals surface area contributed by atoms with Crippen LogP contribution < -0.4 is 0 Å². The van der Waals surface area contributed by atoms with E-state index in [0.717, 1.165) is 12.1 Å². The van der Waals surface area contributed by atoms with Crippen molar-refractivity contribution in [3.05, 3.63) is 70.0 Å². The molecule has 1 N–H and O–H groups in total. The van der Waals surface area contributed by atoms with Crippen LogP contribution in [0.15, 0.2) is 42.5 Å². The van der Waals surface area contributed by atoms with Gasteiger partial charge in [-0.05, 0) is 23.8 Å². The number of hydrogen-bond acceptors (Lipinski definition) is 1. The number of hydrogen-bond donors (Lipinski definition) is 1. The van der Waals surface area contributed by atoms with Crippen molar-refractivity contribution in [3.8, 4) is 0 Å². The third kappa shape index (κ3) is 2.94. The van der Waals surface area contributed by atoms with Gasteiger partial charge in [-0.2, -0.15) is 13.2 Å². The summed E-state index contributed by atoms with van der Waals surface area (Å²) in [5, 5.41) is 10.2. The maximum Gasteiger partial charge on any atom is 0.416 e. The van der Waals surface area contributed by atoms with Gasteiger partial charge in [0.05, 0.1) is 5.56 Å². The van der Waals surface area contributed by atoms with E-state index in [1.54, 1.807) is 12.1 Å². The van der Waals surface area contributed by atoms with Gasteiger partial charge in [-0.3, -0.25) is 0 Å². The Bertz CT molecular complexity index is 625. The summed E-state index contributed by atoms with van der Waals surface area (Å²) in [7, 11) is 0. The quantitative estimate of drug-likeness (QED) is 0.805. The fraction of sp³-hybridized carbons (Fsp3) is 0.143. The summed E-state index contributed by atoms with van der Waals surface area (Å²) >= 11 is 5.85. The van der Waals surface area contributed by atoms with E-state index in [9.17, 15) is 22.7 Å². The Morgan fingerprint density at radius 1 is 1.00 bits per heavy atom. The first-order valence-electron chi connectivity index (χ1n) is 5.60. The fourth-order valence-corrected chi connectivity index (χ4v) is 2.12. The molecular formula is C14H9ClF4O. The summed E-state index contributed by atoms with van der Waals surface area (Å²) in [6.45, 7) is 0. The van der Waals surface area contributed by atoms with Crippen molar-refractivity contribution in [1.82, 2.24) is 0 Å². The predicted octanol–water partition coefficient (Wildman–Crippen LogP) is 4.58. The Morgan fingerprint density at radius 2 is 1.65 bits per heavy atom. The van der Waals surface area contributed by atoms with Gasteiger partial charge < -0.3 is 5.11 Å². The lowest BCUT2D eigenvalue weighted by Gasteiger charge is -2.18. The summed E-state index contributed by atoms with van der Waals surface area (Å²) in [4.78, 5) is 0. The molecule has 2 rings (SSSR count). The number of halogens is 5. The molecule has 0 saturated carbocycles. The molecule has 1 atom stereocenters. The minimum absolute atomic E-state index is 0.131. The number of benzene rings is 2. The molecule has 0 radical (unpaired) electrons. The lowest BCUT2D eigenvalue weighted by atomic mass is 9.96. The van der Waals surface area contributed by atoms with Crippen LogP contribution in [0, 0.1) is 5.82 Å². The van der Waals surface area contributed by atoms with Crippen LogP contribution in [0.4, 0.5) is 17.6 Å². The normalized spacial score (nSPS) is 13.3. The molecule has 1 unspecified atom stereocenters. The van der Waals surface area contributed by atoms with Crippen LogP contribution in [0.3, 0.4) is 0 Å². The van der Waals surface area contributed by atoms with Crippen molar-refractivity contribution in [2.75, 3.05) is 0 Å². The molecule has 0 aliphatic carbocycles. The lowest BCUT2D eigenvalue weighted by molar-refractivity contribution is -0.139. The zero-order chi connectivity index (χ0) is 14.9. The van der Waals surface area contributed by atoms with Gasteiger partial charge in [0.15, 0.2) is 0 Å². The maximum absolute atomic E-state index is 13.0. The first-order chi connectivity index (χ1) is 9.30. The molecule has 0 bridgehead atoms. The highest BCUT2D eigenvalue weighted by molar-refractivity contribution is 6.31. The summed E-state index contributed by atoms with van der Waals surface area (Å²) < 4.78 is 51.7. The maximum atomic E-state index is 13.0. The molecule has 6 heteroatoms. The smallest absolute Gasteiger partial charge is 0.384 e. The molecule has 106 valence electrons. The molecule has 0 aromatic heterocycles. The fourth-order valence-electron chi connectivity index (χ4n) is 1.88. The Balaban J connectivity index is 2.56. The second kappa shape index (κ2) is 5.42. The van der Waals surface area contributed by atoms with Crippen LogP contribution in [-0.2, 0) is 6.18 Å². The van der Waals surface area contributed by atoms with Gasteiger partial charge in [0.1, 0.15) is 11.9 Å². The molecule has 0 spiro atoms. The van der Waals surface area contributed by atoms with Gasteiger partial charge in [-0.25, -0.2) is 4.39 Å². The van der Waals surface area contributed by atoms with Crippen molar-refractivity contribution in [1.29, 1.82) is 0 Å². The van der Waals surface area contributed by atoms with E-state index in [0.29, 0.717) is 6.07 Å². The third-order valence-corrected chi connectivity index (χ3v) is 3.16. The summed E-state index contributed by atoms with van der Waals surface area (Å²) in [6.07, 6.45) is -6.35. The van der Waals surface area contributed by atoms with E-state index in [1.165, 1.54) is 12.1 Å². The van der Waals surface area contributed by atoms with E-state index in [1.807, 2.05) is 0 Å². The highest BCUT2D eigenvalue weighted by atomic mass is 35.5. The molecule has 2 aromatic carbocycles. The van der Waals surface area contributed by atoms with Crippen molar-refractivity contribution in [2.45, 2.75) is 12.3 Å². The molecule has 0 aliphatic rings. The van der Waals surface area contributed by atoms with Gasteiger partial charge in [0.25, 0.3) is 0 Å². The topological polar surface area (TPSA) is 20.2 Å². The number of aliphatic hydroxyl groups is 1. The van der Waals surface area contributed by atoms with Crippen LogP contribution in [0.1, 0.15) is 22.8 Å². The van der Waals surface area contributed by atoms with E-state index >= 15 is 0 Å². The molecule has 2 aromatic rings. The molecule has 0 saturated heterocycles. The van der Waals surface area contributed by atoms with Crippen molar-refractivity contribution in [2.24, 2.45) is 0 Å². The summed E-state index contributed by atoms with van der Waals surface area (Å²) in [5.41, 5.74) is -1.52. The Morgan fingerprint density at radius 3 is 2.25 bits per heavy atom. The number of alkyl halides is 3. The van der Waals surface area contributed by atoms with Crippen LogP contribution in [0.2, 0.25) is 5.02 Å². The minimum Gasteiger partial charge on any atom is -0.384 e. The summed E-state index contributed by atoms with van der Waals surface area (Å²) in [6, 6.07) is 8.13. The van der Waals surface area contributed by atoms with Crippen LogP contribution in [0.5, 0.6) is 0 Å². The van der Waals surface area contributed by atoms with Crippen LogP contribution in [-0.4, -0.2) is 5.11 Å². The molecule has 1 nitrogen and oxygen atoms in total. The second-order valence-electron chi connectivity index (χ2n) is 4.15. The van der Waals surface area contributed by atoms with Crippen molar-refractivity contribution < 1.29 is 22.7 Å². The highest BCUT2D eigenvalue weighted by Crippen LogP contribution is 2.38. The first-order valence-corrected chi connectivity index (χ1v) is 5.97. The molecule has 0 aliphatic heterocycles. The molecule has 20 heavy (non-hydrogen) atoms. The molecular weight excluding hydrogens is 296 g/mol. The van der Waals surface area contributed by atoms with Crippen molar-refractivity contribution in [3.63, 3.8) is 0 Å². The monoisotopic (exact) mass is 304 g/mol. The van der Waals surface area contributed by atoms with Gasteiger partial charge in [-0.15, -0.1) is 0 Å². The molecule has 0 heterocycles. The zero-order valence-corrected chi connectivity index (χ0v) is 10.7. The highest BCUT2D eigenvalue weighted by Gasteiger charge is 2.36. The predicted molar refractivity (Wildman–Crippen MR) is 66.9 cm³/mol. The van der Waals surface area contributed by atoms with Gasteiger partial charge in [-0.1, -0.05) is 35.9 Å². The second-order valence-corrected chi connectivity index (χ2v) is 4.56. The van der Waals surface area contributed by atoms with Gasteiger partial charge in [0.2, 0.25) is 0 Å². The Labute approximate surface area is 117 Å². The zero-order valence-electron chi connectivity index (χ0n) is 9.96. The van der Waals surface area contributed by atoms with Crippen molar-refractivity contribution >= 4 is 11.6 Å². The van der Waals surface area contributed by atoms with E-state index < -0.39 is 29.2 Å². The van der Waals surface area contributed by atoms with Gasteiger partial charge in [0, 0.05) is 10.6 Å². The Kier molecular flexibility index (Phi) is 4.01.